The molecule has 1 aromatic heterocycles. The fourth-order valence-electron chi connectivity index (χ4n) is 6.30. The first-order chi connectivity index (χ1) is 25.5. The number of phenols is 4. The second kappa shape index (κ2) is 15.7. The van der Waals surface area contributed by atoms with Gasteiger partial charge in [0.15, 0.2) is 35.9 Å². The summed E-state index contributed by atoms with van der Waals surface area (Å²) in [6.07, 6.45) is -26.6. The van der Waals surface area contributed by atoms with Gasteiger partial charge in [0.2, 0.25) is 17.5 Å². The van der Waals surface area contributed by atoms with Gasteiger partial charge >= 0.3 is 0 Å². The zero-order valence-corrected chi connectivity index (χ0v) is 28.0. The highest BCUT2D eigenvalue weighted by molar-refractivity contribution is 5.88. The Morgan fingerprint density at radius 3 is 2.00 bits per heavy atom. The average molecular weight is 773 g/mol. The van der Waals surface area contributed by atoms with E-state index in [1.165, 1.54) is 13.0 Å². The minimum absolute atomic E-state index is 0.122. The molecule has 3 saturated heterocycles. The monoisotopic (exact) mass is 772 g/mol. The van der Waals surface area contributed by atoms with Crippen LogP contribution in [0, 0.1) is 0 Å². The van der Waals surface area contributed by atoms with E-state index in [-0.39, 0.29) is 11.1 Å². The van der Waals surface area contributed by atoms with Crippen LogP contribution in [0.5, 0.6) is 28.7 Å². The van der Waals surface area contributed by atoms with Crippen molar-refractivity contribution in [3.05, 3.63) is 40.6 Å². The molecule has 21 heteroatoms. The molecule has 0 radical (unpaired) electrons. The summed E-state index contributed by atoms with van der Waals surface area (Å²) >= 11 is 0. The number of benzene rings is 2. The number of aliphatic hydroxyl groups is 9. The zero-order chi connectivity index (χ0) is 39.3. The second-order valence-electron chi connectivity index (χ2n) is 13.1. The van der Waals surface area contributed by atoms with Crippen molar-refractivity contribution in [1.82, 2.24) is 0 Å². The molecule has 0 saturated carbocycles. The molecular formula is C33H40O21. The first kappa shape index (κ1) is 39.8. The lowest BCUT2D eigenvalue weighted by Crippen LogP contribution is -2.65. The van der Waals surface area contributed by atoms with Crippen molar-refractivity contribution < 1.29 is 99.2 Å². The molecule has 0 bridgehead atoms. The summed E-state index contributed by atoms with van der Waals surface area (Å²) in [5, 5.41) is 135. The molecule has 3 aromatic rings. The quantitative estimate of drug-likeness (QED) is 0.0925. The number of rotatable bonds is 9. The summed E-state index contributed by atoms with van der Waals surface area (Å²) in [6, 6.07) is 5.00. The number of fused-ring (bicyclic) bond motifs is 1. The minimum Gasteiger partial charge on any atom is -0.508 e. The van der Waals surface area contributed by atoms with E-state index in [2.05, 4.69) is 0 Å². The standard InChI is InChI=1S/C33H40O21/c1-9-19(39)23(43)26(46)31(49-9)48-8-17-21(41)25(45)30(54-32-27(47)24(44)20(40)16(7-34)51-32)33(52-17)53-29-22(42)18-14(38)5-11(35)6-15(18)50-28(29)10-2-3-12(36)13(37)4-10/h2-6,9,16-17,19-21,23-27,30-41,43-47H,7-8H2,1H3/t9-,16+,17+,19-,20+,21+,23+,24-,25-,26+,27+,30+,31+,32-,33-/m0/s1. The summed E-state index contributed by atoms with van der Waals surface area (Å²) in [5.74, 6) is -3.82. The predicted molar refractivity (Wildman–Crippen MR) is 173 cm³/mol. The van der Waals surface area contributed by atoms with E-state index in [9.17, 15) is 71.2 Å². The number of ether oxygens (including phenoxy) is 6. The summed E-state index contributed by atoms with van der Waals surface area (Å²) in [7, 11) is 0. The van der Waals surface area contributed by atoms with Gasteiger partial charge in [-0.3, -0.25) is 4.79 Å². The first-order valence-corrected chi connectivity index (χ1v) is 16.5. The van der Waals surface area contributed by atoms with Gasteiger partial charge in [0.05, 0.1) is 19.3 Å². The summed E-state index contributed by atoms with van der Waals surface area (Å²) in [4.78, 5) is 14.1. The van der Waals surface area contributed by atoms with Crippen LogP contribution in [0.15, 0.2) is 39.5 Å². The number of hydrogen-bond donors (Lipinski definition) is 13. The number of hydrogen-bond acceptors (Lipinski definition) is 21. The molecule has 54 heavy (non-hydrogen) atoms. The Bertz CT molecular complexity index is 1850. The second-order valence-corrected chi connectivity index (χ2v) is 13.1. The molecule has 0 unspecified atom stereocenters. The van der Waals surface area contributed by atoms with Crippen molar-refractivity contribution in [3.63, 3.8) is 0 Å². The van der Waals surface area contributed by atoms with Crippen molar-refractivity contribution in [3.8, 4) is 40.1 Å². The molecule has 4 heterocycles. The van der Waals surface area contributed by atoms with Crippen LogP contribution in [0.2, 0.25) is 0 Å². The SMILES string of the molecule is C[C@@H]1O[C@@H](OC[C@H]2O[C@@H](Oc3c(-c4ccc(O)c(O)c4)oc4cc(O)cc(O)c4c3=O)[C@H](O[C@@H]3O[C@H](CO)[C@@H](O)[C@H](O)[C@H]3O)[C@@H](O)[C@@H]2O)[C@H](O)[C@H](O)[C@H]1O. The topological polar surface area (TPSA) is 349 Å². The number of aromatic hydroxyl groups is 4. The van der Waals surface area contributed by atoms with Crippen molar-refractivity contribution in [1.29, 1.82) is 0 Å². The van der Waals surface area contributed by atoms with Gasteiger partial charge in [-0.15, -0.1) is 0 Å². The Morgan fingerprint density at radius 1 is 0.667 bits per heavy atom. The summed E-state index contributed by atoms with van der Waals surface area (Å²) in [5.41, 5.74) is -1.62. The third-order valence-electron chi connectivity index (χ3n) is 9.41. The smallest absolute Gasteiger partial charge is 0.239 e. The van der Waals surface area contributed by atoms with E-state index in [4.69, 9.17) is 32.8 Å². The van der Waals surface area contributed by atoms with Crippen LogP contribution in [0.25, 0.3) is 22.3 Å². The number of aliphatic hydroxyl groups excluding tert-OH is 9. The third kappa shape index (κ3) is 7.39. The normalized spacial score (nSPS) is 37.3. The average Bonchev–Trinajstić information content (AvgIpc) is 3.13. The van der Waals surface area contributed by atoms with Gasteiger partial charge in [0, 0.05) is 17.7 Å². The largest absolute Gasteiger partial charge is 0.508 e. The van der Waals surface area contributed by atoms with Gasteiger partial charge in [0.25, 0.3) is 0 Å². The molecule has 2 aromatic carbocycles. The first-order valence-electron chi connectivity index (χ1n) is 16.5. The number of phenolic OH excluding ortho intramolecular Hbond substituents is 4. The molecule has 15 atom stereocenters. The van der Waals surface area contributed by atoms with E-state index in [1.807, 2.05) is 0 Å². The van der Waals surface area contributed by atoms with Gasteiger partial charge in [-0.2, -0.15) is 0 Å². The highest BCUT2D eigenvalue weighted by Crippen LogP contribution is 2.40. The maximum Gasteiger partial charge on any atom is 0.239 e. The Kier molecular flexibility index (Phi) is 11.5. The van der Waals surface area contributed by atoms with Crippen molar-refractivity contribution in [2.45, 2.75) is 99.0 Å². The lowest BCUT2D eigenvalue weighted by Gasteiger charge is -2.46. The van der Waals surface area contributed by atoms with Gasteiger partial charge < -0.3 is 99.2 Å². The van der Waals surface area contributed by atoms with Crippen LogP contribution in [-0.4, -0.2) is 172 Å². The Morgan fingerprint density at radius 2 is 1.31 bits per heavy atom. The highest BCUT2D eigenvalue weighted by atomic mass is 16.8. The molecule has 13 N–H and O–H groups in total. The lowest BCUT2D eigenvalue weighted by molar-refractivity contribution is -0.362. The van der Waals surface area contributed by atoms with E-state index in [1.54, 1.807) is 0 Å². The van der Waals surface area contributed by atoms with Gasteiger partial charge in [-0.25, -0.2) is 0 Å². The van der Waals surface area contributed by atoms with Crippen molar-refractivity contribution in [2.75, 3.05) is 13.2 Å². The predicted octanol–water partition coefficient (Wildman–Crippen LogP) is -3.86. The fraction of sp³-hybridized carbons (Fsp3) is 0.545. The van der Waals surface area contributed by atoms with Crippen LogP contribution in [-0.2, 0) is 23.7 Å². The molecular weight excluding hydrogens is 732 g/mol. The van der Waals surface area contributed by atoms with Crippen molar-refractivity contribution in [2.24, 2.45) is 0 Å². The zero-order valence-electron chi connectivity index (χ0n) is 28.0. The summed E-state index contributed by atoms with van der Waals surface area (Å²) in [6.45, 7) is -0.209. The molecule has 3 aliphatic heterocycles. The lowest BCUT2D eigenvalue weighted by atomic mass is 9.97. The summed E-state index contributed by atoms with van der Waals surface area (Å²) < 4.78 is 39.8. The van der Waals surface area contributed by atoms with Crippen molar-refractivity contribution >= 4 is 11.0 Å². The van der Waals surface area contributed by atoms with Crippen LogP contribution in [0.4, 0.5) is 0 Å². The molecule has 0 amide bonds. The minimum atomic E-state index is -2.10. The molecule has 0 spiro atoms. The Hall–Kier alpha value is -3.91. The maximum absolute atomic E-state index is 14.1. The third-order valence-corrected chi connectivity index (χ3v) is 9.41. The molecule has 21 nitrogen and oxygen atoms in total. The van der Waals surface area contributed by atoms with E-state index in [0.717, 1.165) is 24.3 Å². The molecule has 3 fully saturated rings. The fourth-order valence-corrected chi connectivity index (χ4v) is 6.30. The van der Waals surface area contributed by atoms with E-state index in [0.29, 0.717) is 0 Å². The molecule has 6 rings (SSSR count). The molecule has 3 aliphatic rings. The van der Waals surface area contributed by atoms with Crippen LogP contribution >= 0.6 is 0 Å². The van der Waals surface area contributed by atoms with E-state index >= 15 is 0 Å². The molecule has 0 aliphatic carbocycles. The van der Waals surface area contributed by atoms with E-state index < -0.39 is 151 Å². The highest BCUT2D eigenvalue weighted by Gasteiger charge is 2.52. The van der Waals surface area contributed by atoms with Crippen LogP contribution in [0.3, 0.4) is 0 Å². The van der Waals surface area contributed by atoms with Gasteiger partial charge in [-0.05, 0) is 25.1 Å². The Balaban J connectivity index is 1.40. The van der Waals surface area contributed by atoms with Gasteiger partial charge in [-0.1, -0.05) is 0 Å². The maximum atomic E-state index is 14.1. The van der Waals surface area contributed by atoms with Crippen LogP contribution in [0.1, 0.15) is 6.92 Å². The van der Waals surface area contributed by atoms with Crippen LogP contribution < -0.4 is 10.2 Å². The van der Waals surface area contributed by atoms with Gasteiger partial charge in [0.1, 0.15) is 83.5 Å². The Labute approximate surface area is 303 Å². The molecule has 298 valence electrons.